The summed E-state index contributed by atoms with van der Waals surface area (Å²) in [6, 6.07) is 8.80. The van der Waals surface area contributed by atoms with Crippen LogP contribution in [0.2, 0.25) is 0 Å². The third-order valence-corrected chi connectivity index (χ3v) is 4.11. The summed E-state index contributed by atoms with van der Waals surface area (Å²) in [7, 11) is 0. The molecule has 102 valence electrons. The second-order valence-corrected chi connectivity index (χ2v) is 5.64. The van der Waals surface area contributed by atoms with E-state index in [0.717, 1.165) is 26.3 Å². The summed E-state index contributed by atoms with van der Waals surface area (Å²) < 4.78 is 5.34. The van der Waals surface area contributed by atoms with E-state index in [9.17, 15) is 0 Å². The SMILES string of the molecule is Cc1ccc(SCCCN2CCOCC2)cc1.Cl. The number of morpholine rings is 1. The maximum Gasteiger partial charge on any atom is 0.0594 e. The highest BCUT2D eigenvalue weighted by molar-refractivity contribution is 7.99. The minimum atomic E-state index is 0. The number of nitrogens with zero attached hydrogens (tertiary/aromatic N) is 1. The van der Waals surface area contributed by atoms with E-state index < -0.39 is 0 Å². The molecule has 0 radical (unpaired) electrons. The van der Waals surface area contributed by atoms with E-state index in [1.807, 2.05) is 11.8 Å². The van der Waals surface area contributed by atoms with Crippen LogP contribution in [0.1, 0.15) is 12.0 Å². The van der Waals surface area contributed by atoms with Crippen molar-refractivity contribution in [2.24, 2.45) is 0 Å². The highest BCUT2D eigenvalue weighted by atomic mass is 35.5. The summed E-state index contributed by atoms with van der Waals surface area (Å²) in [5.41, 5.74) is 1.34. The Morgan fingerprint density at radius 3 is 2.50 bits per heavy atom. The maximum absolute atomic E-state index is 5.34. The molecule has 2 rings (SSSR count). The average molecular weight is 288 g/mol. The molecule has 1 fully saturated rings. The van der Waals surface area contributed by atoms with Gasteiger partial charge in [0.25, 0.3) is 0 Å². The van der Waals surface area contributed by atoms with Gasteiger partial charge in [0.2, 0.25) is 0 Å². The Morgan fingerprint density at radius 2 is 1.83 bits per heavy atom. The molecule has 0 spiro atoms. The molecule has 0 saturated carbocycles. The molecule has 0 atom stereocenters. The van der Waals surface area contributed by atoms with Crippen LogP contribution in [0.3, 0.4) is 0 Å². The minimum Gasteiger partial charge on any atom is -0.379 e. The first-order chi connectivity index (χ1) is 8.34. The van der Waals surface area contributed by atoms with E-state index in [4.69, 9.17) is 4.74 Å². The van der Waals surface area contributed by atoms with Crippen molar-refractivity contribution in [3.8, 4) is 0 Å². The van der Waals surface area contributed by atoms with E-state index >= 15 is 0 Å². The van der Waals surface area contributed by atoms with Crippen molar-refractivity contribution < 1.29 is 4.74 Å². The molecule has 1 aliphatic heterocycles. The van der Waals surface area contributed by atoms with E-state index in [1.165, 1.54) is 29.2 Å². The van der Waals surface area contributed by atoms with E-state index in [2.05, 4.69) is 36.1 Å². The van der Waals surface area contributed by atoms with Gasteiger partial charge in [0.15, 0.2) is 0 Å². The van der Waals surface area contributed by atoms with Gasteiger partial charge in [0, 0.05) is 18.0 Å². The highest BCUT2D eigenvalue weighted by Gasteiger charge is 2.08. The minimum absolute atomic E-state index is 0. The topological polar surface area (TPSA) is 12.5 Å². The molecular formula is C14H22ClNOS. The predicted octanol–water partition coefficient (Wildman–Crippen LogP) is 3.23. The standard InChI is InChI=1S/C14H21NOS.ClH/c1-13-3-5-14(6-4-13)17-12-2-7-15-8-10-16-11-9-15;/h3-6H,2,7-12H2,1H3;1H. The lowest BCUT2D eigenvalue weighted by Crippen LogP contribution is -2.36. The van der Waals surface area contributed by atoms with Gasteiger partial charge in [0.05, 0.1) is 13.2 Å². The van der Waals surface area contributed by atoms with Crippen LogP contribution in [0.4, 0.5) is 0 Å². The van der Waals surface area contributed by atoms with Crippen LogP contribution in [0.25, 0.3) is 0 Å². The van der Waals surface area contributed by atoms with Gasteiger partial charge in [-0.15, -0.1) is 24.2 Å². The molecule has 0 amide bonds. The van der Waals surface area contributed by atoms with Crippen molar-refractivity contribution in [1.82, 2.24) is 4.90 Å². The summed E-state index contributed by atoms with van der Waals surface area (Å²) in [5, 5.41) is 0. The zero-order chi connectivity index (χ0) is 11.9. The number of ether oxygens (including phenoxy) is 1. The van der Waals surface area contributed by atoms with Crippen LogP contribution in [-0.4, -0.2) is 43.5 Å². The molecule has 18 heavy (non-hydrogen) atoms. The quantitative estimate of drug-likeness (QED) is 0.609. The molecule has 0 aliphatic carbocycles. The predicted molar refractivity (Wildman–Crippen MR) is 81.0 cm³/mol. The fraction of sp³-hybridized carbons (Fsp3) is 0.571. The Hall–Kier alpha value is -0.220. The smallest absolute Gasteiger partial charge is 0.0594 e. The lowest BCUT2D eigenvalue weighted by Gasteiger charge is -2.26. The average Bonchev–Trinajstić information content (AvgIpc) is 2.38. The first-order valence-corrected chi connectivity index (χ1v) is 7.33. The van der Waals surface area contributed by atoms with Crippen LogP contribution < -0.4 is 0 Å². The van der Waals surface area contributed by atoms with Gasteiger partial charge in [0.1, 0.15) is 0 Å². The van der Waals surface area contributed by atoms with Crippen molar-refractivity contribution in [2.75, 3.05) is 38.6 Å². The summed E-state index contributed by atoms with van der Waals surface area (Å²) in [4.78, 5) is 3.89. The summed E-state index contributed by atoms with van der Waals surface area (Å²) in [6.07, 6.45) is 1.26. The van der Waals surface area contributed by atoms with Crippen molar-refractivity contribution in [3.05, 3.63) is 29.8 Å². The van der Waals surface area contributed by atoms with Gasteiger partial charge in [-0.1, -0.05) is 17.7 Å². The summed E-state index contributed by atoms with van der Waals surface area (Å²) >= 11 is 1.96. The molecular weight excluding hydrogens is 266 g/mol. The fourth-order valence-electron chi connectivity index (χ4n) is 1.94. The Kier molecular flexibility index (Phi) is 7.75. The highest BCUT2D eigenvalue weighted by Crippen LogP contribution is 2.19. The van der Waals surface area contributed by atoms with Crippen LogP contribution in [0.5, 0.6) is 0 Å². The van der Waals surface area contributed by atoms with Crippen LogP contribution >= 0.6 is 24.2 Å². The Balaban J connectivity index is 0.00000162. The Bertz CT molecular complexity index is 325. The lowest BCUT2D eigenvalue weighted by molar-refractivity contribution is 0.0381. The van der Waals surface area contributed by atoms with E-state index in [-0.39, 0.29) is 12.4 Å². The summed E-state index contributed by atoms with van der Waals surface area (Å²) in [6.45, 7) is 7.37. The van der Waals surface area contributed by atoms with Crippen molar-refractivity contribution in [3.63, 3.8) is 0 Å². The molecule has 4 heteroatoms. The number of hydrogen-bond donors (Lipinski definition) is 0. The molecule has 0 aromatic heterocycles. The molecule has 1 aromatic rings. The van der Waals surface area contributed by atoms with Crippen LogP contribution in [-0.2, 0) is 4.74 Å². The van der Waals surface area contributed by atoms with Gasteiger partial charge in [-0.25, -0.2) is 0 Å². The largest absolute Gasteiger partial charge is 0.379 e. The number of benzene rings is 1. The number of hydrogen-bond acceptors (Lipinski definition) is 3. The molecule has 1 saturated heterocycles. The summed E-state index contributed by atoms with van der Waals surface area (Å²) in [5.74, 6) is 1.21. The number of thioether (sulfide) groups is 1. The fourth-order valence-corrected chi connectivity index (χ4v) is 2.78. The zero-order valence-electron chi connectivity index (χ0n) is 10.9. The van der Waals surface area contributed by atoms with E-state index in [1.54, 1.807) is 0 Å². The number of halogens is 1. The Labute approximate surface area is 120 Å². The molecule has 2 nitrogen and oxygen atoms in total. The third-order valence-electron chi connectivity index (χ3n) is 3.01. The molecule has 1 aliphatic rings. The molecule has 0 bridgehead atoms. The van der Waals surface area contributed by atoms with Crippen molar-refractivity contribution >= 4 is 24.2 Å². The maximum atomic E-state index is 5.34. The molecule has 1 heterocycles. The van der Waals surface area contributed by atoms with E-state index in [0.29, 0.717) is 0 Å². The molecule has 1 aromatic carbocycles. The molecule has 0 N–H and O–H groups in total. The van der Waals surface area contributed by atoms with Crippen LogP contribution in [0, 0.1) is 6.92 Å². The monoisotopic (exact) mass is 287 g/mol. The van der Waals surface area contributed by atoms with Gasteiger partial charge in [-0.05, 0) is 37.8 Å². The number of aryl methyl sites for hydroxylation is 1. The number of rotatable bonds is 5. The van der Waals surface area contributed by atoms with Crippen molar-refractivity contribution in [1.29, 1.82) is 0 Å². The second kappa shape index (κ2) is 8.81. The second-order valence-electron chi connectivity index (χ2n) is 4.47. The lowest BCUT2D eigenvalue weighted by atomic mass is 10.2. The van der Waals surface area contributed by atoms with Gasteiger partial charge in [-0.3, -0.25) is 4.90 Å². The molecule has 0 unspecified atom stereocenters. The Morgan fingerprint density at radius 1 is 1.17 bits per heavy atom. The van der Waals surface area contributed by atoms with Gasteiger partial charge >= 0.3 is 0 Å². The normalized spacial score (nSPS) is 16.3. The van der Waals surface area contributed by atoms with Gasteiger partial charge < -0.3 is 4.74 Å². The van der Waals surface area contributed by atoms with Crippen molar-refractivity contribution in [2.45, 2.75) is 18.2 Å². The first-order valence-electron chi connectivity index (χ1n) is 6.34. The van der Waals surface area contributed by atoms with Gasteiger partial charge in [-0.2, -0.15) is 0 Å². The zero-order valence-corrected chi connectivity index (χ0v) is 12.6. The first kappa shape index (κ1) is 15.8. The third kappa shape index (κ3) is 5.61. The van der Waals surface area contributed by atoms with Crippen LogP contribution in [0.15, 0.2) is 29.2 Å².